The molecule has 2 aromatic heterocycles. The molecule has 1 unspecified atom stereocenters. The molecule has 0 amide bonds. The fourth-order valence-electron chi connectivity index (χ4n) is 3.00. The summed E-state index contributed by atoms with van der Waals surface area (Å²) >= 11 is 0. The highest BCUT2D eigenvalue weighted by atomic mass is 19.3. The zero-order valence-electron chi connectivity index (χ0n) is 16.5. The molecule has 3 aromatic rings. The van der Waals surface area contributed by atoms with Crippen molar-refractivity contribution in [3.63, 3.8) is 0 Å². The lowest BCUT2D eigenvalue weighted by Crippen LogP contribution is -2.17. The summed E-state index contributed by atoms with van der Waals surface area (Å²) in [5.74, 6) is -0.237. The second-order valence-electron chi connectivity index (χ2n) is 6.58. The number of benzene rings is 1. The molecule has 0 aliphatic heterocycles. The average Bonchev–Trinajstić information content (AvgIpc) is 2.96. The molecular formula is C20H21F2N3O4. The van der Waals surface area contributed by atoms with Crippen molar-refractivity contribution in [1.29, 1.82) is 0 Å². The number of aromatic nitrogens is 3. The van der Waals surface area contributed by atoms with E-state index in [0.29, 0.717) is 17.1 Å². The van der Waals surface area contributed by atoms with E-state index in [0.717, 1.165) is 16.6 Å². The van der Waals surface area contributed by atoms with E-state index in [4.69, 9.17) is 9.47 Å². The van der Waals surface area contributed by atoms with Crippen molar-refractivity contribution < 1.29 is 27.8 Å². The Balaban J connectivity index is 1.62. The predicted octanol–water partition coefficient (Wildman–Crippen LogP) is 3.87. The third kappa shape index (κ3) is 4.79. The molecule has 0 saturated carbocycles. The number of carbonyl (C=O) groups is 1. The molecule has 1 atom stereocenters. The molecule has 0 aliphatic carbocycles. The van der Waals surface area contributed by atoms with Gasteiger partial charge in [-0.2, -0.15) is 8.78 Å². The van der Waals surface area contributed by atoms with E-state index in [1.165, 1.54) is 12.1 Å². The fourth-order valence-corrected chi connectivity index (χ4v) is 3.00. The molecule has 7 nitrogen and oxygen atoms in total. The molecule has 154 valence electrons. The maximum Gasteiger partial charge on any atom is 0.387 e. The largest absolute Gasteiger partial charge is 0.464 e. The number of hydrogen-bond donors (Lipinski definition) is 0. The molecule has 0 saturated heterocycles. The smallest absolute Gasteiger partial charge is 0.387 e. The van der Waals surface area contributed by atoms with Crippen LogP contribution in [0.3, 0.4) is 0 Å². The van der Waals surface area contributed by atoms with E-state index in [-0.39, 0.29) is 12.4 Å². The lowest BCUT2D eigenvalue weighted by atomic mass is 10.1. The number of rotatable bonds is 7. The Kier molecular flexibility index (Phi) is 5.95. The van der Waals surface area contributed by atoms with Gasteiger partial charge in [0.2, 0.25) is 5.88 Å². The number of fused-ring (bicyclic) bond motifs is 1. The van der Waals surface area contributed by atoms with Crippen LogP contribution in [0.15, 0.2) is 30.3 Å². The van der Waals surface area contributed by atoms with Gasteiger partial charge in [-0.3, -0.25) is 0 Å². The summed E-state index contributed by atoms with van der Waals surface area (Å²) in [4.78, 5) is 16.6. The Morgan fingerprint density at radius 1 is 1.21 bits per heavy atom. The SMILES string of the molecule is Cc1cc(C)c2c(OCC(=O)OC(C)c3ccc(OC(F)F)cc3)nn(C)c2n1. The summed E-state index contributed by atoms with van der Waals surface area (Å²) in [7, 11) is 1.75. The van der Waals surface area contributed by atoms with Crippen LogP contribution in [0.4, 0.5) is 8.78 Å². The molecule has 0 radical (unpaired) electrons. The number of alkyl halides is 2. The van der Waals surface area contributed by atoms with Gasteiger partial charge in [-0.05, 0) is 50.1 Å². The predicted molar refractivity (Wildman–Crippen MR) is 101 cm³/mol. The number of aryl methyl sites for hydroxylation is 3. The maximum absolute atomic E-state index is 12.2. The minimum Gasteiger partial charge on any atom is -0.464 e. The van der Waals surface area contributed by atoms with Crippen LogP contribution < -0.4 is 9.47 Å². The van der Waals surface area contributed by atoms with Gasteiger partial charge in [0.15, 0.2) is 12.3 Å². The van der Waals surface area contributed by atoms with Gasteiger partial charge < -0.3 is 14.2 Å². The number of esters is 1. The Morgan fingerprint density at radius 3 is 2.55 bits per heavy atom. The minimum atomic E-state index is -2.89. The van der Waals surface area contributed by atoms with Crippen molar-refractivity contribution in [3.8, 4) is 11.6 Å². The van der Waals surface area contributed by atoms with Crippen molar-refractivity contribution in [2.45, 2.75) is 33.5 Å². The molecule has 0 aliphatic rings. The van der Waals surface area contributed by atoms with E-state index >= 15 is 0 Å². The molecule has 9 heteroatoms. The topological polar surface area (TPSA) is 75.5 Å². The first-order chi connectivity index (χ1) is 13.7. The lowest BCUT2D eigenvalue weighted by molar-refractivity contribution is -0.151. The van der Waals surface area contributed by atoms with E-state index in [9.17, 15) is 13.6 Å². The molecule has 0 fully saturated rings. The summed E-state index contributed by atoms with van der Waals surface area (Å²) in [6.45, 7) is 2.28. The second kappa shape index (κ2) is 8.42. The van der Waals surface area contributed by atoms with Gasteiger partial charge in [-0.25, -0.2) is 14.5 Å². The lowest BCUT2D eigenvalue weighted by Gasteiger charge is -2.14. The Labute approximate surface area is 166 Å². The van der Waals surface area contributed by atoms with Crippen LogP contribution in [0.1, 0.15) is 29.8 Å². The Morgan fingerprint density at radius 2 is 1.90 bits per heavy atom. The number of carbonyl (C=O) groups excluding carboxylic acids is 1. The first kappa shape index (κ1) is 20.5. The van der Waals surface area contributed by atoms with E-state index in [2.05, 4.69) is 14.8 Å². The molecule has 1 aromatic carbocycles. The van der Waals surface area contributed by atoms with E-state index in [1.54, 1.807) is 30.8 Å². The van der Waals surface area contributed by atoms with Crippen molar-refractivity contribution in [1.82, 2.24) is 14.8 Å². The first-order valence-corrected chi connectivity index (χ1v) is 8.92. The van der Waals surface area contributed by atoms with Crippen LogP contribution >= 0.6 is 0 Å². The first-order valence-electron chi connectivity index (χ1n) is 8.92. The molecule has 2 heterocycles. The minimum absolute atomic E-state index is 0.0341. The van der Waals surface area contributed by atoms with Crippen molar-refractivity contribution in [3.05, 3.63) is 47.2 Å². The normalized spacial score (nSPS) is 12.2. The zero-order chi connectivity index (χ0) is 21.1. The van der Waals surface area contributed by atoms with Gasteiger partial charge in [0.25, 0.3) is 0 Å². The van der Waals surface area contributed by atoms with E-state index < -0.39 is 18.7 Å². The summed E-state index contributed by atoms with van der Waals surface area (Å²) in [6, 6.07) is 7.80. The summed E-state index contributed by atoms with van der Waals surface area (Å²) in [5, 5.41) is 5.03. The van der Waals surface area contributed by atoms with E-state index in [1.807, 2.05) is 19.9 Å². The summed E-state index contributed by atoms with van der Waals surface area (Å²) < 4.78 is 41.2. The van der Waals surface area contributed by atoms with Gasteiger partial charge in [0, 0.05) is 12.7 Å². The second-order valence-corrected chi connectivity index (χ2v) is 6.58. The highest BCUT2D eigenvalue weighted by molar-refractivity contribution is 5.85. The van der Waals surface area contributed by atoms with Gasteiger partial charge >= 0.3 is 12.6 Å². The van der Waals surface area contributed by atoms with Crippen LogP contribution in [0.2, 0.25) is 0 Å². The number of hydrogen-bond acceptors (Lipinski definition) is 6. The monoisotopic (exact) mass is 405 g/mol. The van der Waals surface area contributed by atoms with Crippen LogP contribution in [0.5, 0.6) is 11.6 Å². The fraction of sp³-hybridized carbons (Fsp3) is 0.350. The Hall–Kier alpha value is -3.23. The highest BCUT2D eigenvalue weighted by Crippen LogP contribution is 2.27. The number of ether oxygens (including phenoxy) is 3. The molecular weight excluding hydrogens is 384 g/mol. The van der Waals surface area contributed by atoms with Crippen molar-refractivity contribution in [2.75, 3.05) is 6.61 Å². The number of halogens is 2. The van der Waals surface area contributed by atoms with Crippen LogP contribution in [0.25, 0.3) is 11.0 Å². The maximum atomic E-state index is 12.2. The average molecular weight is 405 g/mol. The van der Waals surface area contributed by atoms with Crippen LogP contribution in [-0.4, -0.2) is 34.0 Å². The Bertz CT molecular complexity index is 1020. The van der Waals surface area contributed by atoms with Crippen molar-refractivity contribution >= 4 is 17.0 Å². The molecule has 0 bridgehead atoms. The zero-order valence-corrected chi connectivity index (χ0v) is 16.5. The quantitative estimate of drug-likeness (QED) is 0.556. The molecule has 3 rings (SSSR count). The molecule has 0 spiro atoms. The van der Waals surface area contributed by atoms with Crippen LogP contribution in [0, 0.1) is 13.8 Å². The summed E-state index contributed by atoms with van der Waals surface area (Å²) in [6.07, 6.45) is -0.585. The highest BCUT2D eigenvalue weighted by Gasteiger charge is 2.18. The number of nitrogens with zero attached hydrogens (tertiary/aromatic N) is 3. The molecule has 0 N–H and O–H groups in total. The third-order valence-electron chi connectivity index (χ3n) is 4.30. The third-order valence-corrected chi connectivity index (χ3v) is 4.30. The van der Waals surface area contributed by atoms with Crippen LogP contribution in [-0.2, 0) is 16.6 Å². The van der Waals surface area contributed by atoms with Gasteiger partial charge in [-0.1, -0.05) is 12.1 Å². The molecule has 29 heavy (non-hydrogen) atoms. The van der Waals surface area contributed by atoms with Gasteiger partial charge in [-0.15, -0.1) is 5.10 Å². The van der Waals surface area contributed by atoms with Gasteiger partial charge in [0.05, 0.1) is 5.39 Å². The van der Waals surface area contributed by atoms with Gasteiger partial charge in [0.1, 0.15) is 11.9 Å². The summed E-state index contributed by atoms with van der Waals surface area (Å²) in [5.41, 5.74) is 3.12. The number of pyridine rings is 1. The standard InChI is InChI=1S/C20H21F2N3O4/c1-11-9-12(2)23-18-17(11)19(24-25(18)4)27-10-16(26)28-13(3)14-5-7-15(8-6-14)29-20(21)22/h5-9,13,20H,10H2,1-4H3. The van der Waals surface area contributed by atoms with Crippen molar-refractivity contribution in [2.24, 2.45) is 7.05 Å².